The van der Waals surface area contributed by atoms with Crippen LogP contribution in [-0.4, -0.2) is 33.2 Å². The van der Waals surface area contributed by atoms with Gasteiger partial charge in [-0.15, -0.1) is 0 Å². The van der Waals surface area contributed by atoms with Gasteiger partial charge in [0.2, 0.25) is 0 Å². The fourth-order valence-electron chi connectivity index (χ4n) is 1.13. The van der Waals surface area contributed by atoms with Crippen molar-refractivity contribution in [1.82, 2.24) is 0 Å². The first-order valence-electron chi connectivity index (χ1n) is 8.00. The Hall–Kier alpha value is -3.67. The monoisotopic (exact) mass is 386 g/mol. The van der Waals surface area contributed by atoms with Gasteiger partial charge < -0.3 is 15.3 Å². The Balaban J connectivity index is 0. The zero-order valence-corrected chi connectivity index (χ0v) is 16.3. The van der Waals surface area contributed by atoms with E-state index in [1.165, 1.54) is 31.5 Å². The van der Waals surface area contributed by atoms with Crippen LogP contribution in [0.2, 0.25) is 0 Å². The molecule has 2 aromatic rings. The summed E-state index contributed by atoms with van der Waals surface area (Å²) in [5.41, 5.74) is 0.528. The molecule has 0 saturated carbocycles. The lowest BCUT2D eigenvalue weighted by atomic mass is 10.1. The molecular formula is C22H26O6. The van der Waals surface area contributed by atoms with Crippen LogP contribution in [0.3, 0.4) is 0 Å². The molecule has 6 heteroatoms. The second-order valence-electron chi connectivity index (χ2n) is 5.60. The Bertz CT molecular complexity index is 690. The smallest absolute Gasteiger partial charge is 0.330 e. The van der Waals surface area contributed by atoms with Crippen LogP contribution >= 0.6 is 0 Å². The van der Waals surface area contributed by atoms with E-state index in [-0.39, 0.29) is 16.7 Å². The third-order valence-electron chi connectivity index (χ3n) is 2.75. The molecule has 0 heterocycles. The topological polar surface area (TPSA) is 112 Å². The molecule has 3 N–H and O–H groups in total. The van der Waals surface area contributed by atoms with Gasteiger partial charge in [0.15, 0.2) is 0 Å². The van der Waals surface area contributed by atoms with Crippen molar-refractivity contribution in [1.29, 1.82) is 0 Å². The van der Waals surface area contributed by atoms with Gasteiger partial charge in [-0.2, -0.15) is 0 Å². The summed E-state index contributed by atoms with van der Waals surface area (Å²) in [6.45, 7) is 13.8. The van der Waals surface area contributed by atoms with E-state index in [0.29, 0.717) is 0 Å². The Morgan fingerprint density at radius 1 is 0.571 bits per heavy atom. The van der Waals surface area contributed by atoms with Crippen LogP contribution in [0.25, 0.3) is 10.8 Å². The molecular weight excluding hydrogens is 360 g/mol. The second kappa shape index (κ2) is 14.5. The number of aliphatic carboxylic acids is 3. The van der Waals surface area contributed by atoms with Crippen LogP contribution < -0.4 is 0 Å². The number of carboxylic acids is 3. The zero-order valence-electron chi connectivity index (χ0n) is 16.3. The van der Waals surface area contributed by atoms with Gasteiger partial charge >= 0.3 is 17.9 Å². The Kier molecular flexibility index (Phi) is 13.7. The fraction of sp³-hybridized carbons (Fsp3) is 0.136. The molecule has 0 atom stereocenters. The van der Waals surface area contributed by atoms with Crippen molar-refractivity contribution in [3.05, 3.63) is 85.0 Å². The van der Waals surface area contributed by atoms with Gasteiger partial charge in [0.25, 0.3) is 0 Å². The average molecular weight is 386 g/mol. The van der Waals surface area contributed by atoms with E-state index in [9.17, 15) is 14.4 Å². The van der Waals surface area contributed by atoms with Crippen LogP contribution in [0.15, 0.2) is 85.0 Å². The summed E-state index contributed by atoms with van der Waals surface area (Å²) in [5, 5.41) is 26.3. The van der Waals surface area contributed by atoms with Gasteiger partial charge in [0, 0.05) is 16.7 Å². The molecule has 0 aliphatic heterocycles. The molecule has 150 valence electrons. The van der Waals surface area contributed by atoms with E-state index in [1.807, 2.05) is 0 Å². The second-order valence-corrected chi connectivity index (χ2v) is 5.60. The minimum atomic E-state index is -0.935. The van der Waals surface area contributed by atoms with Gasteiger partial charge in [-0.1, -0.05) is 68.3 Å². The highest BCUT2D eigenvalue weighted by molar-refractivity contribution is 5.85. The van der Waals surface area contributed by atoms with Crippen molar-refractivity contribution in [2.24, 2.45) is 0 Å². The van der Waals surface area contributed by atoms with Gasteiger partial charge in [-0.3, -0.25) is 0 Å². The standard InChI is InChI=1S/C10H8.3C4H6O2/c1-2-6-10-8-4-3-7-9(10)5-1;3*1-3(2)4(5)6/h1-8H;3*1H2,2H3,(H,5,6). The van der Waals surface area contributed by atoms with Crippen LogP contribution in [0.5, 0.6) is 0 Å². The molecule has 0 aliphatic carbocycles. The normalized spacial score (nSPS) is 8.39. The summed E-state index contributed by atoms with van der Waals surface area (Å²) >= 11 is 0. The fourth-order valence-corrected chi connectivity index (χ4v) is 1.13. The van der Waals surface area contributed by atoms with Crippen molar-refractivity contribution < 1.29 is 29.7 Å². The van der Waals surface area contributed by atoms with Gasteiger partial charge in [-0.25, -0.2) is 14.4 Å². The summed E-state index contributed by atoms with van der Waals surface area (Å²) in [4.78, 5) is 28.8. The van der Waals surface area contributed by atoms with E-state index in [4.69, 9.17) is 15.3 Å². The predicted octanol–water partition coefficient (Wildman–Crippen LogP) is 4.78. The highest BCUT2D eigenvalue weighted by atomic mass is 16.4. The Labute approximate surface area is 164 Å². The Morgan fingerprint density at radius 3 is 0.821 bits per heavy atom. The van der Waals surface area contributed by atoms with Crippen LogP contribution in [0, 0.1) is 0 Å². The predicted molar refractivity (Wildman–Crippen MR) is 111 cm³/mol. The lowest BCUT2D eigenvalue weighted by molar-refractivity contribution is -0.133. The lowest BCUT2D eigenvalue weighted by Gasteiger charge is -1.92. The summed E-state index contributed by atoms with van der Waals surface area (Å²) < 4.78 is 0. The third-order valence-corrected chi connectivity index (χ3v) is 2.75. The van der Waals surface area contributed by atoms with E-state index in [1.54, 1.807) is 0 Å². The van der Waals surface area contributed by atoms with Crippen molar-refractivity contribution in [3.63, 3.8) is 0 Å². The molecule has 0 bridgehead atoms. The van der Waals surface area contributed by atoms with Gasteiger partial charge in [0.1, 0.15) is 0 Å². The molecule has 0 aromatic heterocycles. The molecule has 0 saturated heterocycles. The highest BCUT2D eigenvalue weighted by Gasteiger charge is 1.91. The number of rotatable bonds is 3. The summed E-state index contributed by atoms with van der Waals surface area (Å²) in [5.74, 6) is -2.81. The number of hydrogen-bond acceptors (Lipinski definition) is 3. The molecule has 0 amide bonds. The third kappa shape index (κ3) is 14.7. The van der Waals surface area contributed by atoms with E-state index in [0.717, 1.165) is 0 Å². The van der Waals surface area contributed by atoms with Crippen molar-refractivity contribution >= 4 is 28.7 Å². The van der Waals surface area contributed by atoms with Gasteiger partial charge in [0.05, 0.1) is 0 Å². The molecule has 0 aliphatic rings. The number of carbonyl (C=O) groups is 3. The average Bonchev–Trinajstić information content (AvgIpc) is 2.63. The summed E-state index contributed by atoms with van der Waals surface area (Å²) in [6, 6.07) is 16.7. The first-order valence-corrected chi connectivity index (χ1v) is 8.00. The number of hydrogen-bond donors (Lipinski definition) is 3. The van der Waals surface area contributed by atoms with E-state index >= 15 is 0 Å². The molecule has 0 unspecified atom stereocenters. The molecule has 2 rings (SSSR count). The van der Waals surface area contributed by atoms with Crippen molar-refractivity contribution in [3.8, 4) is 0 Å². The minimum Gasteiger partial charge on any atom is -0.478 e. The number of carboxylic acid groups (broad SMARTS) is 3. The van der Waals surface area contributed by atoms with Gasteiger partial charge in [-0.05, 0) is 31.5 Å². The van der Waals surface area contributed by atoms with Crippen LogP contribution in [-0.2, 0) is 14.4 Å². The first kappa shape index (κ1) is 26.6. The maximum Gasteiger partial charge on any atom is 0.330 e. The van der Waals surface area contributed by atoms with E-state index in [2.05, 4.69) is 68.3 Å². The number of fused-ring (bicyclic) bond motifs is 1. The molecule has 0 fully saturated rings. The van der Waals surface area contributed by atoms with Crippen molar-refractivity contribution in [2.45, 2.75) is 20.8 Å². The quantitative estimate of drug-likeness (QED) is 0.655. The van der Waals surface area contributed by atoms with E-state index < -0.39 is 17.9 Å². The number of benzene rings is 2. The zero-order chi connectivity index (χ0) is 22.3. The minimum absolute atomic E-state index is 0.176. The lowest BCUT2D eigenvalue weighted by Crippen LogP contribution is -1.92. The largest absolute Gasteiger partial charge is 0.478 e. The molecule has 0 spiro atoms. The molecule has 28 heavy (non-hydrogen) atoms. The summed E-state index contributed by atoms with van der Waals surface area (Å²) in [7, 11) is 0. The van der Waals surface area contributed by atoms with Crippen molar-refractivity contribution in [2.75, 3.05) is 0 Å². The maximum atomic E-state index is 9.60. The summed E-state index contributed by atoms with van der Waals surface area (Å²) in [6.07, 6.45) is 0. The Morgan fingerprint density at radius 2 is 0.714 bits per heavy atom. The van der Waals surface area contributed by atoms with Crippen LogP contribution in [0.4, 0.5) is 0 Å². The maximum absolute atomic E-state index is 9.60. The SMILES string of the molecule is C=C(C)C(=O)O.C=C(C)C(=O)O.C=C(C)C(=O)O.c1ccc2ccccc2c1. The molecule has 2 aromatic carbocycles. The molecule has 0 radical (unpaired) electrons. The van der Waals surface area contributed by atoms with Crippen LogP contribution in [0.1, 0.15) is 20.8 Å². The molecule has 6 nitrogen and oxygen atoms in total. The highest BCUT2D eigenvalue weighted by Crippen LogP contribution is 2.11. The first-order chi connectivity index (χ1) is 12.9.